The van der Waals surface area contributed by atoms with Gasteiger partial charge in [0.05, 0.1) is 13.2 Å². The first-order chi connectivity index (χ1) is 12.1. The van der Waals surface area contributed by atoms with Gasteiger partial charge >= 0.3 is 0 Å². The zero-order chi connectivity index (χ0) is 17.8. The van der Waals surface area contributed by atoms with E-state index >= 15 is 0 Å². The molecule has 0 radical (unpaired) electrons. The maximum Gasteiger partial charge on any atom is 0.184 e. The lowest BCUT2D eigenvalue weighted by atomic mass is 9.96. The van der Waals surface area contributed by atoms with E-state index in [1.165, 1.54) is 11.1 Å². The van der Waals surface area contributed by atoms with E-state index in [9.17, 15) is 0 Å². The summed E-state index contributed by atoms with van der Waals surface area (Å²) < 4.78 is 17.6. The molecule has 3 rings (SSSR count). The Hall–Kier alpha value is -1.84. The Morgan fingerprint density at radius 2 is 1.68 bits per heavy atom. The smallest absolute Gasteiger partial charge is 0.184 e. The highest BCUT2D eigenvalue weighted by Gasteiger charge is 2.21. The molecule has 0 amide bonds. The summed E-state index contributed by atoms with van der Waals surface area (Å²) in [5, 5.41) is 0. The highest BCUT2D eigenvalue weighted by molar-refractivity contribution is 5.41. The van der Waals surface area contributed by atoms with E-state index in [2.05, 4.69) is 58.0 Å². The number of hydrogen-bond donors (Lipinski definition) is 0. The fourth-order valence-corrected chi connectivity index (χ4v) is 3.10. The van der Waals surface area contributed by atoms with Crippen molar-refractivity contribution in [1.29, 1.82) is 0 Å². The van der Waals surface area contributed by atoms with Crippen LogP contribution in [0.4, 0.5) is 0 Å². The van der Waals surface area contributed by atoms with Crippen LogP contribution in [0.15, 0.2) is 42.5 Å². The molecule has 3 heteroatoms. The summed E-state index contributed by atoms with van der Waals surface area (Å²) in [4.78, 5) is 0. The summed E-state index contributed by atoms with van der Waals surface area (Å²) in [7, 11) is 0. The molecule has 1 fully saturated rings. The molecule has 0 atom stereocenters. The molecule has 2 aromatic carbocycles. The van der Waals surface area contributed by atoms with E-state index in [1.807, 2.05) is 12.1 Å². The fourth-order valence-electron chi connectivity index (χ4n) is 3.10. The van der Waals surface area contributed by atoms with Crippen LogP contribution in [-0.4, -0.2) is 13.2 Å². The third-order valence-electron chi connectivity index (χ3n) is 4.64. The van der Waals surface area contributed by atoms with Crippen LogP contribution in [0, 0.1) is 0 Å². The summed E-state index contributed by atoms with van der Waals surface area (Å²) in [6.45, 7) is 10.6. The van der Waals surface area contributed by atoms with Crippen molar-refractivity contribution in [3.8, 4) is 5.75 Å². The Labute approximate surface area is 150 Å². The maximum atomic E-state index is 6.26. The predicted molar refractivity (Wildman–Crippen MR) is 100 cm³/mol. The van der Waals surface area contributed by atoms with Gasteiger partial charge in [0.15, 0.2) is 6.29 Å². The average Bonchev–Trinajstić information content (AvgIpc) is 3.14. The van der Waals surface area contributed by atoms with Gasteiger partial charge in [-0.3, -0.25) is 0 Å². The first-order valence-electron chi connectivity index (χ1n) is 9.14. The number of benzene rings is 2. The molecule has 134 valence electrons. The largest absolute Gasteiger partial charge is 0.489 e. The summed E-state index contributed by atoms with van der Waals surface area (Å²) in [6, 6.07) is 14.8. The zero-order valence-electron chi connectivity index (χ0n) is 15.6. The lowest BCUT2D eigenvalue weighted by Crippen LogP contribution is -2.07. The molecule has 0 saturated carbocycles. The van der Waals surface area contributed by atoms with Crippen molar-refractivity contribution in [2.24, 2.45) is 0 Å². The molecular formula is C22H28O3. The van der Waals surface area contributed by atoms with Gasteiger partial charge in [0, 0.05) is 5.56 Å². The summed E-state index contributed by atoms with van der Waals surface area (Å²) in [6.07, 6.45) is -0.272. The van der Waals surface area contributed by atoms with Crippen LogP contribution in [0.25, 0.3) is 0 Å². The molecule has 1 saturated heterocycles. The van der Waals surface area contributed by atoms with E-state index < -0.39 is 0 Å². The molecule has 0 aromatic heterocycles. The second kappa shape index (κ2) is 8.03. The van der Waals surface area contributed by atoms with Gasteiger partial charge in [0.2, 0.25) is 0 Å². The van der Waals surface area contributed by atoms with E-state index in [-0.39, 0.29) is 6.29 Å². The summed E-state index contributed by atoms with van der Waals surface area (Å²) in [5.41, 5.74) is 4.72. The zero-order valence-corrected chi connectivity index (χ0v) is 15.6. The van der Waals surface area contributed by atoms with Gasteiger partial charge < -0.3 is 14.2 Å². The summed E-state index contributed by atoms with van der Waals surface area (Å²) in [5.74, 6) is 1.88. The van der Waals surface area contributed by atoms with Gasteiger partial charge in [-0.2, -0.15) is 0 Å². The van der Waals surface area contributed by atoms with Crippen molar-refractivity contribution in [2.45, 2.75) is 52.4 Å². The van der Waals surface area contributed by atoms with E-state index in [4.69, 9.17) is 14.2 Å². The normalized spacial score (nSPS) is 15.3. The molecular weight excluding hydrogens is 312 g/mol. The highest BCUT2D eigenvalue weighted by Crippen LogP contribution is 2.32. The first-order valence-corrected chi connectivity index (χ1v) is 9.14. The van der Waals surface area contributed by atoms with Crippen molar-refractivity contribution in [2.75, 3.05) is 13.2 Å². The highest BCUT2D eigenvalue weighted by atomic mass is 16.7. The van der Waals surface area contributed by atoms with Gasteiger partial charge in [-0.15, -0.1) is 0 Å². The molecule has 0 unspecified atom stereocenters. The minimum Gasteiger partial charge on any atom is -0.489 e. The van der Waals surface area contributed by atoms with Crippen molar-refractivity contribution >= 4 is 0 Å². The van der Waals surface area contributed by atoms with Gasteiger partial charge in [-0.05, 0) is 34.6 Å². The number of hydrogen-bond acceptors (Lipinski definition) is 3. The molecule has 25 heavy (non-hydrogen) atoms. The van der Waals surface area contributed by atoms with E-state index in [0.29, 0.717) is 31.7 Å². The van der Waals surface area contributed by atoms with Gasteiger partial charge in [0.1, 0.15) is 12.4 Å². The molecule has 1 aliphatic rings. The van der Waals surface area contributed by atoms with Crippen LogP contribution in [0.1, 0.15) is 68.1 Å². The van der Waals surface area contributed by atoms with Crippen LogP contribution < -0.4 is 4.74 Å². The Kier molecular flexibility index (Phi) is 5.77. The third kappa shape index (κ3) is 4.23. The number of ether oxygens (including phenoxy) is 3. The minimum absolute atomic E-state index is 0.272. The monoisotopic (exact) mass is 340 g/mol. The number of rotatable bonds is 6. The molecule has 0 bridgehead atoms. The van der Waals surface area contributed by atoms with Crippen LogP contribution in [0.5, 0.6) is 5.75 Å². The Morgan fingerprint density at radius 3 is 2.36 bits per heavy atom. The Morgan fingerprint density at radius 1 is 0.960 bits per heavy atom. The van der Waals surface area contributed by atoms with Gasteiger partial charge in [-0.25, -0.2) is 0 Å². The Balaban J connectivity index is 1.83. The van der Waals surface area contributed by atoms with Crippen LogP contribution in [0.2, 0.25) is 0 Å². The SMILES string of the molecule is CC(C)c1ccc(C(C)C)c(OCc2ccccc2C2OCCO2)c1. The van der Waals surface area contributed by atoms with Crippen molar-refractivity contribution in [3.63, 3.8) is 0 Å². The topological polar surface area (TPSA) is 27.7 Å². The molecule has 0 aliphatic carbocycles. The molecule has 1 heterocycles. The van der Waals surface area contributed by atoms with Crippen molar-refractivity contribution < 1.29 is 14.2 Å². The molecule has 0 spiro atoms. The van der Waals surface area contributed by atoms with Crippen molar-refractivity contribution in [1.82, 2.24) is 0 Å². The average molecular weight is 340 g/mol. The lowest BCUT2D eigenvalue weighted by molar-refractivity contribution is -0.0451. The maximum absolute atomic E-state index is 6.26. The molecule has 3 nitrogen and oxygen atoms in total. The van der Waals surface area contributed by atoms with Crippen LogP contribution in [-0.2, 0) is 16.1 Å². The Bertz CT molecular complexity index is 700. The first kappa shape index (κ1) is 18.0. The van der Waals surface area contributed by atoms with E-state index in [1.54, 1.807) is 0 Å². The standard InChI is InChI=1S/C22H28O3/c1-15(2)17-9-10-19(16(3)4)21(13-17)25-14-18-7-5-6-8-20(18)22-23-11-12-24-22/h5-10,13,15-16,22H,11-12,14H2,1-4H3. The second-order valence-electron chi connectivity index (χ2n) is 7.17. The summed E-state index contributed by atoms with van der Waals surface area (Å²) >= 11 is 0. The quantitative estimate of drug-likeness (QED) is 0.689. The fraction of sp³-hybridized carbons (Fsp3) is 0.455. The minimum atomic E-state index is -0.272. The van der Waals surface area contributed by atoms with Crippen LogP contribution in [0.3, 0.4) is 0 Å². The molecule has 1 aliphatic heterocycles. The van der Waals surface area contributed by atoms with Crippen molar-refractivity contribution in [3.05, 3.63) is 64.7 Å². The predicted octanol–water partition coefficient (Wildman–Crippen LogP) is 5.56. The lowest BCUT2D eigenvalue weighted by Gasteiger charge is -2.19. The van der Waals surface area contributed by atoms with Gasteiger partial charge in [0.25, 0.3) is 0 Å². The third-order valence-corrected chi connectivity index (χ3v) is 4.64. The molecule has 2 aromatic rings. The molecule has 0 N–H and O–H groups in total. The second-order valence-corrected chi connectivity index (χ2v) is 7.17. The van der Waals surface area contributed by atoms with Crippen LogP contribution >= 0.6 is 0 Å². The van der Waals surface area contributed by atoms with E-state index in [0.717, 1.165) is 16.9 Å². The van der Waals surface area contributed by atoms with Gasteiger partial charge in [-0.1, -0.05) is 64.1 Å².